The number of hydrogen-bond acceptors (Lipinski definition) is 6. The van der Waals surface area contributed by atoms with Crippen LogP contribution in [0.5, 0.6) is 5.75 Å². The Bertz CT molecular complexity index is 1060. The smallest absolute Gasteiger partial charge is 0.170 e. The first-order valence-corrected chi connectivity index (χ1v) is 8.88. The summed E-state index contributed by atoms with van der Waals surface area (Å²) in [5, 5.41) is 0.779. The third-order valence-electron chi connectivity index (χ3n) is 4.06. The third kappa shape index (κ3) is 3.07. The first-order valence-electron chi connectivity index (χ1n) is 8.06. The fourth-order valence-electron chi connectivity index (χ4n) is 2.86. The molecule has 0 amide bonds. The summed E-state index contributed by atoms with van der Waals surface area (Å²) in [6, 6.07) is 11.3. The fourth-order valence-corrected chi connectivity index (χ4v) is 3.79. The molecule has 5 nitrogen and oxygen atoms in total. The number of ether oxygens (including phenoxy) is 1. The summed E-state index contributed by atoms with van der Waals surface area (Å²) in [6.45, 7) is 0. The number of benzene rings is 1. The number of thiazole rings is 1. The molecular formula is C20H15N3O2S. The van der Waals surface area contributed by atoms with Crippen LogP contribution < -0.4 is 4.74 Å². The molecule has 3 aromatic heterocycles. The van der Waals surface area contributed by atoms with E-state index in [4.69, 9.17) is 4.74 Å². The molecule has 0 saturated carbocycles. The Morgan fingerprint density at radius 2 is 1.85 bits per heavy atom. The zero-order chi connectivity index (χ0) is 17.9. The maximum atomic E-state index is 13.0. The lowest BCUT2D eigenvalue weighted by Crippen LogP contribution is -2.06. The van der Waals surface area contributed by atoms with Crippen molar-refractivity contribution < 1.29 is 9.53 Å². The summed E-state index contributed by atoms with van der Waals surface area (Å²) in [5.74, 6) is 0.709. The second-order valence-corrected chi connectivity index (χ2v) is 6.79. The number of Topliss-reactive ketones (excluding diaryl/α,β-unsaturated/α-hetero) is 1. The fraction of sp³-hybridized carbons (Fsp3) is 0.100. The summed E-state index contributed by atoms with van der Waals surface area (Å²) in [5.41, 5.74) is 3.04. The number of methoxy groups -OCH3 is 1. The van der Waals surface area contributed by atoms with E-state index in [2.05, 4.69) is 15.0 Å². The third-order valence-corrected chi connectivity index (χ3v) is 5.10. The number of fused-ring (bicyclic) bond motifs is 1. The molecule has 1 aromatic carbocycles. The first-order chi connectivity index (χ1) is 12.8. The van der Waals surface area contributed by atoms with Crippen LogP contribution in [0.3, 0.4) is 0 Å². The topological polar surface area (TPSA) is 65.0 Å². The zero-order valence-corrected chi connectivity index (χ0v) is 14.9. The van der Waals surface area contributed by atoms with E-state index in [1.807, 2.05) is 30.3 Å². The molecule has 0 fully saturated rings. The number of hydrogen-bond donors (Lipinski definition) is 0. The van der Waals surface area contributed by atoms with Crippen molar-refractivity contribution >= 4 is 27.3 Å². The van der Waals surface area contributed by atoms with E-state index < -0.39 is 0 Å². The molecule has 0 bridgehead atoms. The minimum atomic E-state index is 0.000298. The van der Waals surface area contributed by atoms with Crippen molar-refractivity contribution in [1.29, 1.82) is 0 Å². The molecule has 4 rings (SSSR count). The van der Waals surface area contributed by atoms with Crippen LogP contribution in [0, 0.1) is 0 Å². The van der Waals surface area contributed by atoms with Gasteiger partial charge in [0.15, 0.2) is 5.78 Å². The Morgan fingerprint density at radius 1 is 1.04 bits per heavy atom. The first kappa shape index (κ1) is 16.4. The maximum Gasteiger partial charge on any atom is 0.170 e. The molecule has 0 spiro atoms. The van der Waals surface area contributed by atoms with Gasteiger partial charge in [-0.05, 0) is 18.2 Å². The van der Waals surface area contributed by atoms with E-state index in [1.165, 1.54) is 11.3 Å². The number of nitrogens with zero attached hydrogens (tertiary/aromatic N) is 3. The van der Waals surface area contributed by atoms with E-state index in [-0.39, 0.29) is 12.2 Å². The number of aromatic nitrogens is 3. The van der Waals surface area contributed by atoms with Gasteiger partial charge >= 0.3 is 0 Å². The monoisotopic (exact) mass is 361 g/mol. The highest BCUT2D eigenvalue weighted by atomic mass is 32.1. The van der Waals surface area contributed by atoms with E-state index >= 15 is 0 Å². The van der Waals surface area contributed by atoms with Crippen LogP contribution in [0.2, 0.25) is 0 Å². The Morgan fingerprint density at radius 3 is 2.69 bits per heavy atom. The minimum Gasteiger partial charge on any atom is -0.496 e. The summed E-state index contributed by atoms with van der Waals surface area (Å²) in [7, 11) is 1.62. The van der Waals surface area contributed by atoms with Gasteiger partial charge in [0.2, 0.25) is 0 Å². The van der Waals surface area contributed by atoms with Crippen molar-refractivity contribution in [1.82, 2.24) is 15.0 Å². The molecule has 0 aliphatic carbocycles. The Labute approximate surface area is 154 Å². The molecule has 0 aliphatic heterocycles. The van der Waals surface area contributed by atoms with Gasteiger partial charge in [-0.2, -0.15) is 0 Å². The SMILES string of the molecule is COc1ccccc1-c1cnccc1C(=O)Cc1nc2cnccc2s1. The molecule has 0 unspecified atom stereocenters. The van der Waals surface area contributed by atoms with Crippen LogP contribution in [0.15, 0.2) is 61.2 Å². The normalized spacial score (nSPS) is 10.8. The average Bonchev–Trinajstić information content (AvgIpc) is 3.10. The summed E-state index contributed by atoms with van der Waals surface area (Å²) < 4.78 is 6.47. The molecule has 0 radical (unpaired) electrons. The molecule has 4 aromatic rings. The van der Waals surface area contributed by atoms with E-state index in [0.717, 1.165) is 26.4 Å². The van der Waals surface area contributed by atoms with Gasteiger partial charge in [0.1, 0.15) is 10.8 Å². The number of para-hydroxylation sites is 1. The molecule has 26 heavy (non-hydrogen) atoms. The van der Waals surface area contributed by atoms with Crippen LogP contribution in [-0.2, 0) is 6.42 Å². The standard InChI is InChI=1S/C20H15N3O2S/c1-25-18-5-3-2-4-14(18)15-11-21-8-6-13(15)17(24)10-20-23-16-12-22-9-7-19(16)26-20/h2-9,11-12H,10H2,1H3. The van der Waals surface area contributed by atoms with Gasteiger partial charge in [-0.3, -0.25) is 14.8 Å². The maximum absolute atomic E-state index is 13.0. The van der Waals surface area contributed by atoms with Crippen LogP contribution in [0.1, 0.15) is 15.4 Å². The molecule has 3 heterocycles. The van der Waals surface area contributed by atoms with Crippen LogP contribution in [0.4, 0.5) is 0 Å². The number of carbonyl (C=O) groups is 1. The van der Waals surface area contributed by atoms with Crippen molar-refractivity contribution in [2.24, 2.45) is 0 Å². The average molecular weight is 361 g/mol. The molecule has 128 valence electrons. The van der Waals surface area contributed by atoms with E-state index in [9.17, 15) is 4.79 Å². The van der Waals surface area contributed by atoms with Crippen molar-refractivity contribution in [2.75, 3.05) is 7.11 Å². The lowest BCUT2D eigenvalue weighted by atomic mass is 9.97. The van der Waals surface area contributed by atoms with Gasteiger partial charge in [0, 0.05) is 35.3 Å². The molecule has 0 aliphatic rings. The van der Waals surface area contributed by atoms with Crippen LogP contribution >= 0.6 is 11.3 Å². The van der Waals surface area contributed by atoms with Crippen molar-refractivity contribution in [3.8, 4) is 16.9 Å². The summed E-state index contributed by atoms with van der Waals surface area (Å²) in [4.78, 5) is 25.7. The summed E-state index contributed by atoms with van der Waals surface area (Å²) >= 11 is 1.52. The van der Waals surface area contributed by atoms with Gasteiger partial charge in [-0.15, -0.1) is 11.3 Å². The molecule has 0 N–H and O–H groups in total. The van der Waals surface area contributed by atoms with E-state index in [0.29, 0.717) is 11.3 Å². The van der Waals surface area contributed by atoms with Crippen molar-refractivity contribution in [3.63, 3.8) is 0 Å². The predicted octanol–water partition coefficient (Wildman–Crippen LogP) is 4.19. The molecule has 0 atom stereocenters. The molecule has 6 heteroatoms. The zero-order valence-electron chi connectivity index (χ0n) is 14.0. The van der Waals surface area contributed by atoms with Gasteiger partial charge in [0.05, 0.1) is 29.9 Å². The second-order valence-electron chi connectivity index (χ2n) is 5.67. The van der Waals surface area contributed by atoms with Crippen molar-refractivity contribution in [3.05, 3.63) is 71.8 Å². The lowest BCUT2D eigenvalue weighted by Gasteiger charge is -2.11. The van der Waals surface area contributed by atoms with Gasteiger partial charge < -0.3 is 4.74 Å². The van der Waals surface area contributed by atoms with Gasteiger partial charge in [-0.25, -0.2) is 4.98 Å². The van der Waals surface area contributed by atoms with E-state index in [1.54, 1.807) is 38.0 Å². The number of rotatable bonds is 5. The molecule has 0 saturated heterocycles. The van der Waals surface area contributed by atoms with Gasteiger partial charge in [0.25, 0.3) is 0 Å². The highest BCUT2D eigenvalue weighted by Gasteiger charge is 2.17. The Hall–Kier alpha value is -3.12. The predicted molar refractivity (Wildman–Crippen MR) is 102 cm³/mol. The number of ketones is 1. The highest BCUT2D eigenvalue weighted by molar-refractivity contribution is 7.18. The van der Waals surface area contributed by atoms with Crippen LogP contribution in [0.25, 0.3) is 21.3 Å². The van der Waals surface area contributed by atoms with Gasteiger partial charge in [-0.1, -0.05) is 18.2 Å². The number of pyridine rings is 2. The Balaban J connectivity index is 1.70. The van der Waals surface area contributed by atoms with Crippen LogP contribution in [-0.4, -0.2) is 27.8 Å². The number of carbonyl (C=O) groups excluding carboxylic acids is 1. The second kappa shape index (κ2) is 7.01. The Kier molecular flexibility index (Phi) is 4.41. The largest absolute Gasteiger partial charge is 0.496 e. The minimum absolute atomic E-state index is 0.000298. The lowest BCUT2D eigenvalue weighted by molar-refractivity contribution is 0.0993. The van der Waals surface area contributed by atoms with Crippen molar-refractivity contribution in [2.45, 2.75) is 6.42 Å². The highest BCUT2D eigenvalue weighted by Crippen LogP contribution is 2.32. The summed E-state index contributed by atoms with van der Waals surface area (Å²) in [6.07, 6.45) is 7.02. The quantitative estimate of drug-likeness (QED) is 0.499. The molecular weight excluding hydrogens is 346 g/mol.